The zero-order chi connectivity index (χ0) is 14.9. The molecule has 2 N–H and O–H groups in total. The molecule has 112 valence electrons. The molecule has 1 amide bonds. The van der Waals surface area contributed by atoms with Crippen molar-refractivity contribution in [2.75, 3.05) is 13.2 Å². The first kappa shape index (κ1) is 15.0. The fourth-order valence-electron chi connectivity index (χ4n) is 2.51. The summed E-state index contributed by atoms with van der Waals surface area (Å²) in [6.07, 6.45) is 3.71. The van der Waals surface area contributed by atoms with E-state index in [0.717, 1.165) is 5.56 Å². The topological polar surface area (TPSA) is 73.4 Å². The Morgan fingerprint density at radius 2 is 2.25 bits per heavy atom. The van der Waals surface area contributed by atoms with Gasteiger partial charge in [0.05, 0.1) is 24.4 Å². The summed E-state index contributed by atoms with van der Waals surface area (Å²) in [7, 11) is 0. The Hall–Kier alpha value is -1.40. The van der Waals surface area contributed by atoms with Crippen LogP contribution in [0.5, 0.6) is 0 Å². The van der Waals surface area contributed by atoms with Gasteiger partial charge in [-0.25, -0.2) is 0 Å². The molecule has 1 aliphatic rings. The number of nitrogens with zero attached hydrogens (tertiary/aromatic N) is 3. The van der Waals surface area contributed by atoms with E-state index >= 15 is 0 Å². The van der Waals surface area contributed by atoms with Gasteiger partial charge in [0.2, 0.25) is 5.91 Å². The van der Waals surface area contributed by atoms with Crippen molar-refractivity contribution in [3.8, 4) is 0 Å². The minimum absolute atomic E-state index is 0.0420. The van der Waals surface area contributed by atoms with E-state index in [2.05, 4.69) is 30.8 Å². The van der Waals surface area contributed by atoms with Crippen LogP contribution >= 0.6 is 0 Å². The van der Waals surface area contributed by atoms with Crippen LogP contribution in [-0.2, 0) is 21.6 Å². The highest BCUT2D eigenvalue weighted by Gasteiger charge is 2.33. The van der Waals surface area contributed by atoms with Crippen LogP contribution in [0.1, 0.15) is 33.3 Å². The smallest absolute Gasteiger partial charge is 0.237 e. The fourth-order valence-corrected chi connectivity index (χ4v) is 2.51. The summed E-state index contributed by atoms with van der Waals surface area (Å²) in [6.45, 7) is 10.2. The van der Waals surface area contributed by atoms with Gasteiger partial charge >= 0.3 is 0 Å². The van der Waals surface area contributed by atoms with Crippen molar-refractivity contribution in [3.05, 3.63) is 18.0 Å². The van der Waals surface area contributed by atoms with Gasteiger partial charge in [0.25, 0.3) is 0 Å². The van der Waals surface area contributed by atoms with Gasteiger partial charge in [-0.2, -0.15) is 5.10 Å². The van der Waals surface area contributed by atoms with Gasteiger partial charge in [-0.1, -0.05) is 0 Å². The number of rotatable bonds is 3. The molecule has 0 aromatic carbocycles. The zero-order valence-electron chi connectivity index (χ0n) is 12.7. The monoisotopic (exact) mass is 280 g/mol. The molecule has 6 heteroatoms. The maximum absolute atomic E-state index is 11.6. The van der Waals surface area contributed by atoms with Gasteiger partial charge in [-0.15, -0.1) is 0 Å². The SMILES string of the molecule is C[C@H]1OCCN(Cc2cnn(C(C)(C)C)c2)[C@@H]1C(N)=O. The van der Waals surface area contributed by atoms with Crippen LogP contribution in [0.2, 0.25) is 0 Å². The fraction of sp³-hybridized carbons (Fsp3) is 0.714. The molecule has 0 aliphatic carbocycles. The molecule has 1 saturated heterocycles. The van der Waals surface area contributed by atoms with Gasteiger partial charge < -0.3 is 10.5 Å². The lowest BCUT2D eigenvalue weighted by molar-refractivity contribution is -0.136. The second-order valence-electron chi connectivity index (χ2n) is 6.36. The first-order chi connectivity index (χ1) is 9.29. The second-order valence-corrected chi connectivity index (χ2v) is 6.36. The van der Waals surface area contributed by atoms with Crippen molar-refractivity contribution < 1.29 is 9.53 Å². The van der Waals surface area contributed by atoms with Crippen LogP contribution in [0.25, 0.3) is 0 Å². The van der Waals surface area contributed by atoms with Gasteiger partial charge in [0, 0.05) is 24.8 Å². The van der Waals surface area contributed by atoms with Crippen molar-refractivity contribution in [1.82, 2.24) is 14.7 Å². The van der Waals surface area contributed by atoms with E-state index in [1.165, 1.54) is 0 Å². The van der Waals surface area contributed by atoms with E-state index in [9.17, 15) is 4.79 Å². The maximum Gasteiger partial charge on any atom is 0.237 e. The van der Waals surface area contributed by atoms with Crippen LogP contribution in [0, 0.1) is 0 Å². The normalized spacial score (nSPS) is 24.8. The minimum atomic E-state index is -0.373. The molecule has 1 aromatic heterocycles. The maximum atomic E-state index is 11.6. The Kier molecular flexibility index (Phi) is 4.15. The summed E-state index contributed by atoms with van der Waals surface area (Å²) >= 11 is 0. The standard InChI is InChI=1S/C14H24N4O2/c1-10-12(13(15)19)17(5-6-20-10)8-11-7-16-18(9-11)14(2,3)4/h7,9-10,12H,5-6,8H2,1-4H3,(H2,15,19)/t10-,12+/m1/s1. The summed E-state index contributed by atoms with van der Waals surface area (Å²) in [5, 5.41) is 4.38. The number of nitrogens with two attached hydrogens (primary N) is 1. The van der Waals surface area contributed by atoms with Gasteiger partial charge in [-0.3, -0.25) is 14.4 Å². The summed E-state index contributed by atoms with van der Waals surface area (Å²) in [6, 6.07) is -0.373. The Labute approximate surface area is 119 Å². The Bertz CT molecular complexity index is 478. The van der Waals surface area contributed by atoms with E-state index in [1.54, 1.807) is 0 Å². The molecular formula is C14H24N4O2. The summed E-state index contributed by atoms with van der Waals surface area (Å²) < 4.78 is 7.45. The number of carbonyl (C=O) groups is 1. The number of primary amides is 1. The van der Waals surface area contributed by atoms with Crippen molar-refractivity contribution in [3.63, 3.8) is 0 Å². The minimum Gasteiger partial charge on any atom is -0.375 e. The van der Waals surface area contributed by atoms with Crippen molar-refractivity contribution in [1.29, 1.82) is 0 Å². The lowest BCUT2D eigenvalue weighted by Gasteiger charge is -2.37. The number of hydrogen-bond acceptors (Lipinski definition) is 4. The van der Waals surface area contributed by atoms with E-state index in [4.69, 9.17) is 10.5 Å². The second kappa shape index (κ2) is 5.54. The first-order valence-corrected chi connectivity index (χ1v) is 6.98. The molecule has 0 saturated carbocycles. The number of morpholine rings is 1. The molecule has 2 atom stereocenters. The number of amides is 1. The molecule has 2 rings (SSSR count). The third kappa shape index (κ3) is 3.19. The number of carbonyl (C=O) groups excluding carboxylic acids is 1. The van der Waals surface area contributed by atoms with Crippen molar-refractivity contribution >= 4 is 5.91 Å². The molecule has 0 spiro atoms. The zero-order valence-corrected chi connectivity index (χ0v) is 12.7. The van der Waals surface area contributed by atoms with Gasteiger partial charge in [-0.05, 0) is 27.7 Å². The molecule has 2 heterocycles. The molecule has 1 aromatic rings. The lowest BCUT2D eigenvalue weighted by atomic mass is 10.1. The van der Waals surface area contributed by atoms with E-state index < -0.39 is 0 Å². The van der Waals surface area contributed by atoms with Crippen LogP contribution in [0.3, 0.4) is 0 Å². The van der Waals surface area contributed by atoms with Crippen LogP contribution < -0.4 is 5.73 Å². The predicted octanol–water partition coefficient (Wildman–Crippen LogP) is 0.713. The van der Waals surface area contributed by atoms with Crippen LogP contribution in [-0.4, -0.2) is 45.9 Å². The van der Waals surface area contributed by atoms with E-state index in [-0.39, 0.29) is 23.6 Å². The Balaban J connectivity index is 2.11. The molecule has 0 unspecified atom stereocenters. The molecular weight excluding hydrogens is 256 g/mol. The third-order valence-corrected chi connectivity index (χ3v) is 3.60. The molecule has 1 aliphatic heterocycles. The number of hydrogen-bond donors (Lipinski definition) is 1. The largest absolute Gasteiger partial charge is 0.375 e. The van der Waals surface area contributed by atoms with Crippen LogP contribution in [0.15, 0.2) is 12.4 Å². The van der Waals surface area contributed by atoms with Gasteiger partial charge in [0.15, 0.2) is 0 Å². The number of aromatic nitrogens is 2. The lowest BCUT2D eigenvalue weighted by Crippen LogP contribution is -2.56. The average Bonchev–Trinajstić information content (AvgIpc) is 2.76. The van der Waals surface area contributed by atoms with E-state index in [0.29, 0.717) is 19.7 Å². The molecule has 6 nitrogen and oxygen atoms in total. The summed E-state index contributed by atoms with van der Waals surface area (Å²) in [5.41, 5.74) is 6.54. The quantitative estimate of drug-likeness (QED) is 0.885. The van der Waals surface area contributed by atoms with Gasteiger partial charge in [0.1, 0.15) is 6.04 Å². The molecule has 1 fully saturated rings. The third-order valence-electron chi connectivity index (χ3n) is 3.60. The molecule has 0 bridgehead atoms. The predicted molar refractivity (Wildman–Crippen MR) is 76.0 cm³/mol. The Morgan fingerprint density at radius 1 is 1.55 bits per heavy atom. The highest BCUT2D eigenvalue weighted by atomic mass is 16.5. The summed E-state index contributed by atoms with van der Waals surface area (Å²) in [5.74, 6) is -0.333. The highest BCUT2D eigenvalue weighted by molar-refractivity contribution is 5.80. The average molecular weight is 280 g/mol. The van der Waals surface area contributed by atoms with Crippen LogP contribution in [0.4, 0.5) is 0 Å². The van der Waals surface area contributed by atoms with Crippen molar-refractivity contribution in [2.45, 2.75) is 51.9 Å². The Morgan fingerprint density at radius 3 is 2.80 bits per heavy atom. The first-order valence-electron chi connectivity index (χ1n) is 6.98. The van der Waals surface area contributed by atoms with E-state index in [1.807, 2.05) is 24.0 Å². The number of ether oxygens (including phenoxy) is 1. The van der Waals surface area contributed by atoms with Crippen molar-refractivity contribution in [2.24, 2.45) is 5.73 Å². The summed E-state index contributed by atoms with van der Waals surface area (Å²) in [4.78, 5) is 13.7. The highest BCUT2D eigenvalue weighted by Crippen LogP contribution is 2.19. The molecule has 20 heavy (non-hydrogen) atoms. The molecule has 0 radical (unpaired) electrons.